The normalized spacial score (nSPS) is 16.1. The molecule has 0 saturated carbocycles. The van der Waals surface area contributed by atoms with Gasteiger partial charge in [0.15, 0.2) is 5.69 Å². The van der Waals surface area contributed by atoms with Gasteiger partial charge < -0.3 is 9.80 Å². The van der Waals surface area contributed by atoms with E-state index in [2.05, 4.69) is 22.0 Å². The molecule has 0 atom stereocenters. The zero-order chi connectivity index (χ0) is 14.7. The SMILES string of the molecule is CCN1CCN(C(=O)c2cnn(-c3ccccc3)n2)CC1. The molecule has 1 amide bonds. The van der Waals surface area contributed by atoms with Crippen LogP contribution in [-0.2, 0) is 0 Å². The second-order valence-electron chi connectivity index (χ2n) is 5.08. The number of amides is 1. The molecule has 2 heterocycles. The Balaban J connectivity index is 1.70. The van der Waals surface area contributed by atoms with Gasteiger partial charge in [-0.2, -0.15) is 9.90 Å². The van der Waals surface area contributed by atoms with E-state index in [0.29, 0.717) is 5.69 Å². The van der Waals surface area contributed by atoms with Crippen LogP contribution in [-0.4, -0.2) is 63.4 Å². The quantitative estimate of drug-likeness (QED) is 0.845. The van der Waals surface area contributed by atoms with E-state index in [0.717, 1.165) is 38.4 Å². The molecule has 3 rings (SSSR count). The summed E-state index contributed by atoms with van der Waals surface area (Å²) < 4.78 is 0. The number of nitrogens with zero attached hydrogens (tertiary/aromatic N) is 5. The number of hydrogen-bond acceptors (Lipinski definition) is 4. The number of para-hydroxylation sites is 1. The van der Waals surface area contributed by atoms with Crippen LogP contribution in [0.15, 0.2) is 36.5 Å². The van der Waals surface area contributed by atoms with Crippen LogP contribution in [0.5, 0.6) is 0 Å². The van der Waals surface area contributed by atoms with E-state index in [-0.39, 0.29) is 5.91 Å². The molecule has 21 heavy (non-hydrogen) atoms. The number of carbonyl (C=O) groups is 1. The van der Waals surface area contributed by atoms with Crippen molar-refractivity contribution in [3.63, 3.8) is 0 Å². The van der Waals surface area contributed by atoms with E-state index >= 15 is 0 Å². The average molecular weight is 285 g/mol. The van der Waals surface area contributed by atoms with Gasteiger partial charge in [0.25, 0.3) is 5.91 Å². The molecular weight excluding hydrogens is 266 g/mol. The zero-order valence-electron chi connectivity index (χ0n) is 12.1. The summed E-state index contributed by atoms with van der Waals surface area (Å²) in [5, 5.41) is 8.48. The summed E-state index contributed by atoms with van der Waals surface area (Å²) in [7, 11) is 0. The first-order chi connectivity index (χ1) is 10.3. The van der Waals surface area contributed by atoms with Gasteiger partial charge in [0.05, 0.1) is 11.9 Å². The van der Waals surface area contributed by atoms with Crippen molar-refractivity contribution >= 4 is 5.91 Å². The topological polar surface area (TPSA) is 54.3 Å². The van der Waals surface area contributed by atoms with Gasteiger partial charge in [-0.1, -0.05) is 25.1 Å². The molecule has 0 spiro atoms. The molecule has 6 nitrogen and oxygen atoms in total. The minimum atomic E-state index is -0.0343. The van der Waals surface area contributed by atoms with E-state index in [1.807, 2.05) is 35.2 Å². The Morgan fingerprint density at radius 3 is 2.52 bits per heavy atom. The first-order valence-electron chi connectivity index (χ1n) is 7.27. The molecule has 1 fully saturated rings. The minimum Gasteiger partial charge on any atom is -0.335 e. The van der Waals surface area contributed by atoms with Gasteiger partial charge in [0, 0.05) is 26.2 Å². The summed E-state index contributed by atoms with van der Waals surface area (Å²) in [5.74, 6) is -0.0343. The van der Waals surface area contributed by atoms with Crippen LogP contribution in [0.4, 0.5) is 0 Å². The second kappa shape index (κ2) is 6.05. The van der Waals surface area contributed by atoms with E-state index in [1.54, 1.807) is 6.20 Å². The van der Waals surface area contributed by atoms with Gasteiger partial charge in [-0.15, -0.1) is 5.10 Å². The molecule has 110 valence electrons. The molecular formula is C15H19N5O. The minimum absolute atomic E-state index is 0.0343. The fourth-order valence-corrected chi connectivity index (χ4v) is 2.48. The third kappa shape index (κ3) is 2.95. The lowest BCUT2D eigenvalue weighted by molar-refractivity contribution is 0.0637. The van der Waals surface area contributed by atoms with E-state index in [1.165, 1.54) is 4.80 Å². The van der Waals surface area contributed by atoms with Crippen molar-refractivity contribution in [2.45, 2.75) is 6.92 Å². The average Bonchev–Trinajstić information content (AvgIpc) is 3.05. The lowest BCUT2D eigenvalue weighted by Gasteiger charge is -2.33. The number of likely N-dealkylation sites (N-methyl/N-ethyl adjacent to an activating group) is 1. The Morgan fingerprint density at radius 1 is 1.14 bits per heavy atom. The number of benzene rings is 1. The van der Waals surface area contributed by atoms with Crippen LogP contribution < -0.4 is 0 Å². The van der Waals surface area contributed by atoms with Crippen molar-refractivity contribution < 1.29 is 4.79 Å². The maximum Gasteiger partial charge on any atom is 0.276 e. The Morgan fingerprint density at radius 2 is 1.86 bits per heavy atom. The molecule has 0 N–H and O–H groups in total. The van der Waals surface area contributed by atoms with Gasteiger partial charge in [-0.3, -0.25) is 4.79 Å². The largest absolute Gasteiger partial charge is 0.335 e. The van der Waals surface area contributed by atoms with Gasteiger partial charge in [-0.05, 0) is 18.7 Å². The monoisotopic (exact) mass is 285 g/mol. The first-order valence-corrected chi connectivity index (χ1v) is 7.27. The number of aromatic nitrogens is 3. The molecule has 0 aliphatic carbocycles. The third-order valence-electron chi connectivity index (χ3n) is 3.80. The van der Waals surface area contributed by atoms with Gasteiger partial charge in [0.2, 0.25) is 0 Å². The molecule has 1 aromatic heterocycles. The number of piperazine rings is 1. The molecule has 6 heteroatoms. The molecule has 1 aliphatic heterocycles. The summed E-state index contributed by atoms with van der Waals surface area (Å²) in [6, 6.07) is 9.60. The molecule has 0 unspecified atom stereocenters. The predicted octanol–water partition coefficient (Wildman–Crippen LogP) is 1.04. The van der Waals surface area contributed by atoms with Crippen LogP contribution in [0.2, 0.25) is 0 Å². The van der Waals surface area contributed by atoms with Crippen LogP contribution in [0.3, 0.4) is 0 Å². The summed E-state index contributed by atoms with van der Waals surface area (Å²) in [4.78, 5) is 18.1. The van der Waals surface area contributed by atoms with Crippen LogP contribution >= 0.6 is 0 Å². The number of carbonyl (C=O) groups excluding carboxylic acids is 1. The highest BCUT2D eigenvalue weighted by Gasteiger charge is 2.23. The third-order valence-corrected chi connectivity index (χ3v) is 3.80. The summed E-state index contributed by atoms with van der Waals surface area (Å²) in [6.45, 7) is 6.54. The van der Waals surface area contributed by atoms with Crippen LogP contribution in [0.1, 0.15) is 17.4 Å². The maximum atomic E-state index is 12.4. The zero-order valence-corrected chi connectivity index (χ0v) is 12.1. The highest BCUT2D eigenvalue weighted by molar-refractivity contribution is 5.92. The van der Waals surface area contributed by atoms with E-state index < -0.39 is 0 Å². The lowest BCUT2D eigenvalue weighted by Crippen LogP contribution is -2.48. The Kier molecular flexibility index (Phi) is 3.96. The van der Waals surface area contributed by atoms with Gasteiger partial charge in [-0.25, -0.2) is 0 Å². The van der Waals surface area contributed by atoms with Crippen LogP contribution in [0, 0.1) is 0 Å². The molecule has 0 bridgehead atoms. The van der Waals surface area contributed by atoms with Crippen molar-refractivity contribution in [2.24, 2.45) is 0 Å². The Bertz CT molecular complexity index is 602. The smallest absolute Gasteiger partial charge is 0.276 e. The molecule has 1 aromatic carbocycles. The highest BCUT2D eigenvalue weighted by Crippen LogP contribution is 2.08. The van der Waals surface area contributed by atoms with Crippen molar-refractivity contribution in [1.82, 2.24) is 24.8 Å². The fourth-order valence-electron chi connectivity index (χ4n) is 2.48. The molecule has 1 saturated heterocycles. The number of hydrogen-bond donors (Lipinski definition) is 0. The summed E-state index contributed by atoms with van der Waals surface area (Å²) in [5.41, 5.74) is 1.26. The molecule has 1 aliphatic rings. The molecule has 2 aromatic rings. The summed E-state index contributed by atoms with van der Waals surface area (Å²) in [6.07, 6.45) is 1.54. The standard InChI is InChI=1S/C15H19N5O/c1-2-18-8-10-19(11-9-18)15(21)14-12-16-20(17-14)13-6-4-3-5-7-13/h3-7,12H,2,8-11H2,1H3. The fraction of sp³-hybridized carbons (Fsp3) is 0.400. The van der Waals surface area contributed by atoms with E-state index in [4.69, 9.17) is 0 Å². The second-order valence-corrected chi connectivity index (χ2v) is 5.08. The number of rotatable bonds is 3. The van der Waals surface area contributed by atoms with Gasteiger partial charge >= 0.3 is 0 Å². The predicted molar refractivity (Wildman–Crippen MR) is 79.4 cm³/mol. The highest BCUT2D eigenvalue weighted by atomic mass is 16.2. The van der Waals surface area contributed by atoms with Crippen molar-refractivity contribution in [3.05, 3.63) is 42.2 Å². The molecule has 0 radical (unpaired) electrons. The maximum absolute atomic E-state index is 12.4. The van der Waals surface area contributed by atoms with Crippen molar-refractivity contribution in [3.8, 4) is 5.69 Å². The van der Waals surface area contributed by atoms with Gasteiger partial charge in [0.1, 0.15) is 0 Å². The van der Waals surface area contributed by atoms with Crippen molar-refractivity contribution in [1.29, 1.82) is 0 Å². The lowest BCUT2D eigenvalue weighted by atomic mass is 10.3. The van der Waals surface area contributed by atoms with E-state index in [9.17, 15) is 4.79 Å². The van der Waals surface area contributed by atoms with Crippen molar-refractivity contribution in [2.75, 3.05) is 32.7 Å². The Labute approximate surface area is 124 Å². The first kappa shape index (κ1) is 13.8. The summed E-state index contributed by atoms with van der Waals surface area (Å²) >= 11 is 0. The Hall–Kier alpha value is -2.21. The van der Waals surface area contributed by atoms with Crippen LogP contribution in [0.25, 0.3) is 5.69 Å².